The molecule has 1 aromatic heterocycles. The van der Waals surface area contributed by atoms with Gasteiger partial charge in [-0.05, 0) is 108 Å². The van der Waals surface area contributed by atoms with Gasteiger partial charge in [0, 0.05) is 39.3 Å². The number of hydrogen-bond acceptors (Lipinski definition) is 1. The van der Waals surface area contributed by atoms with Crippen LogP contribution in [0.3, 0.4) is 0 Å². The fourth-order valence-corrected chi connectivity index (χ4v) is 8.78. The summed E-state index contributed by atoms with van der Waals surface area (Å²) in [6, 6.07) is 54.6. The minimum absolute atomic E-state index is 0.0623. The summed E-state index contributed by atoms with van der Waals surface area (Å²) >= 11 is 0. The van der Waals surface area contributed by atoms with Crippen LogP contribution in [0, 0.1) is 0 Å². The molecule has 47 heavy (non-hydrogen) atoms. The Balaban J connectivity index is 1.06. The lowest BCUT2D eigenvalue weighted by molar-refractivity contribution is 0.392. The van der Waals surface area contributed by atoms with Gasteiger partial charge in [0.15, 0.2) is 0 Å². The van der Waals surface area contributed by atoms with Gasteiger partial charge in [-0.2, -0.15) is 0 Å². The summed E-state index contributed by atoms with van der Waals surface area (Å²) in [5, 5.41) is 2.60. The molecule has 0 radical (unpaired) electrons. The minimum Gasteiger partial charge on any atom is -0.338 e. The Bertz CT molecular complexity index is 2230. The van der Waals surface area contributed by atoms with Crippen molar-refractivity contribution in [2.45, 2.75) is 56.9 Å². The van der Waals surface area contributed by atoms with E-state index in [0.717, 1.165) is 0 Å². The molecule has 0 bridgehead atoms. The number of nitrogens with zero attached hydrogens (tertiary/aromatic N) is 2. The van der Waals surface area contributed by atoms with Crippen LogP contribution in [0.5, 0.6) is 0 Å². The van der Waals surface area contributed by atoms with E-state index < -0.39 is 0 Å². The molecule has 0 spiro atoms. The largest absolute Gasteiger partial charge is 0.338 e. The first-order chi connectivity index (χ1) is 23.1. The van der Waals surface area contributed by atoms with Gasteiger partial charge < -0.3 is 9.47 Å². The monoisotopic (exact) mass is 608 g/mol. The van der Waals surface area contributed by atoms with E-state index in [1.807, 2.05) is 0 Å². The minimum atomic E-state index is 0.0623. The molecular weight excluding hydrogens is 569 g/mol. The van der Waals surface area contributed by atoms with Crippen molar-refractivity contribution >= 4 is 33.2 Å². The maximum atomic E-state index is 2.63. The highest BCUT2D eigenvalue weighted by Crippen LogP contribution is 2.50. The SMILES string of the molecule is CC1(C)c2ccccc2-c2cc(C3CCC(N(c4ccccc4)c4ccc5c(c4)c4ccccc4n5-c4ccccc4)CC3)ccc21. The molecule has 2 heteroatoms. The third-order valence-corrected chi connectivity index (χ3v) is 11.1. The fourth-order valence-electron chi connectivity index (χ4n) is 8.78. The van der Waals surface area contributed by atoms with Crippen molar-refractivity contribution in [2.75, 3.05) is 4.90 Å². The summed E-state index contributed by atoms with van der Waals surface area (Å²) in [6.07, 6.45) is 4.74. The molecule has 0 amide bonds. The van der Waals surface area contributed by atoms with E-state index in [1.54, 1.807) is 0 Å². The third-order valence-electron chi connectivity index (χ3n) is 11.1. The molecule has 0 atom stereocenters. The molecule has 0 unspecified atom stereocenters. The Labute approximate surface area is 277 Å². The summed E-state index contributed by atoms with van der Waals surface area (Å²) in [5.74, 6) is 0.594. The van der Waals surface area contributed by atoms with Crippen LogP contribution >= 0.6 is 0 Å². The van der Waals surface area contributed by atoms with Gasteiger partial charge in [-0.1, -0.05) is 111 Å². The van der Waals surface area contributed by atoms with Crippen LogP contribution in [0.15, 0.2) is 146 Å². The predicted molar refractivity (Wildman–Crippen MR) is 198 cm³/mol. The highest BCUT2D eigenvalue weighted by Gasteiger charge is 2.36. The van der Waals surface area contributed by atoms with Crippen molar-refractivity contribution in [2.24, 2.45) is 0 Å². The number of aromatic nitrogens is 1. The Kier molecular flexibility index (Phi) is 6.61. The lowest BCUT2D eigenvalue weighted by Crippen LogP contribution is -2.34. The molecule has 0 aliphatic heterocycles. The lowest BCUT2D eigenvalue weighted by Gasteiger charge is -2.39. The van der Waals surface area contributed by atoms with Crippen molar-refractivity contribution in [3.05, 3.63) is 162 Å². The van der Waals surface area contributed by atoms with Gasteiger partial charge in [-0.3, -0.25) is 0 Å². The highest BCUT2D eigenvalue weighted by atomic mass is 15.2. The van der Waals surface area contributed by atoms with Crippen LogP contribution in [0.1, 0.15) is 62.1 Å². The van der Waals surface area contributed by atoms with E-state index in [4.69, 9.17) is 0 Å². The second-order valence-electron chi connectivity index (χ2n) is 14.1. The van der Waals surface area contributed by atoms with Crippen LogP contribution in [0.2, 0.25) is 0 Å². The molecule has 2 nitrogen and oxygen atoms in total. The summed E-state index contributed by atoms with van der Waals surface area (Å²) < 4.78 is 2.41. The van der Waals surface area contributed by atoms with E-state index in [9.17, 15) is 0 Å². The van der Waals surface area contributed by atoms with Crippen molar-refractivity contribution in [1.29, 1.82) is 0 Å². The number of para-hydroxylation sites is 3. The maximum absolute atomic E-state index is 2.63. The van der Waals surface area contributed by atoms with Crippen LogP contribution in [-0.2, 0) is 5.41 Å². The maximum Gasteiger partial charge on any atom is 0.0542 e. The van der Waals surface area contributed by atoms with Gasteiger partial charge in [-0.15, -0.1) is 0 Å². The molecule has 1 heterocycles. The summed E-state index contributed by atoms with van der Waals surface area (Å²) in [4.78, 5) is 2.63. The summed E-state index contributed by atoms with van der Waals surface area (Å²) in [5.41, 5.74) is 13.6. The fraction of sp³-hybridized carbons (Fsp3) is 0.200. The Morgan fingerprint density at radius 1 is 0.532 bits per heavy atom. The number of anilines is 2. The topological polar surface area (TPSA) is 8.17 Å². The van der Waals surface area contributed by atoms with Gasteiger partial charge >= 0.3 is 0 Å². The standard InChI is InChI=1S/C45H40N2/c1-45(2)41-19-11-9-17-37(41)39-29-32(23-27-42(39)45)31-21-24-35(25-22-31)46(33-13-5-3-6-14-33)36-26-28-44-40(30-36)38-18-10-12-20-43(38)47(44)34-15-7-4-8-16-34/h3-20,23,26-31,35H,21-22,24-25H2,1-2H3. The Hall–Kier alpha value is -5.08. The molecule has 9 rings (SSSR count). The zero-order chi connectivity index (χ0) is 31.5. The second kappa shape index (κ2) is 11.0. The highest BCUT2D eigenvalue weighted by molar-refractivity contribution is 6.10. The smallest absolute Gasteiger partial charge is 0.0542 e. The molecular formula is C45H40N2. The molecule has 0 saturated heterocycles. The van der Waals surface area contributed by atoms with Crippen LogP contribution < -0.4 is 4.90 Å². The number of benzene rings is 6. The van der Waals surface area contributed by atoms with Crippen LogP contribution in [-0.4, -0.2) is 10.6 Å². The quantitative estimate of drug-likeness (QED) is 0.189. The average Bonchev–Trinajstić information content (AvgIpc) is 3.58. The molecule has 230 valence electrons. The van der Waals surface area contributed by atoms with E-state index in [-0.39, 0.29) is 5.41 Å². The molecule has 2 aliphatic rings. The first kappa shape index (κ1) is 28.2. The average molecular weight is 609 g/mol. The number of rotatable bonds is 5. The van der Waals surface area contributed by atoms with Gasteiger partial charge in [0.1, 0.15) is 0 Å². The van der Waals surface area contributed by atoms with E-state index in [0.29, 0.717) is 12.0 Å². The number of hydrogen-bond donors (Lipinski definition) is 0. The first-order valence-corrected chi connectivity index (χ1v) is 17.3. The van der Waals surface area contributed by atoms with Gasteiger partial charge in [-0.25, -0.2) is 0 Å². The number of fused-ring (bicyclic) bond motifs is 6. The van der Waals surface area contributed by atoms with Crippen molar-refractivity contribution in [3.8, 4) is 16.8 Å². The Morgan fingerprint density at radius 3 is 2.00 bits per heavy atom. The van der Waals surface area contributed by atoms with E-state index in [2.05, 4.69) is 169 Å². The predicted octanol–water partition coefficient (Wildman–Crippen LogP) is 12.0. The van der Waals surface area contributed by atoms with Gasteiger partial charge in [0.25, 0.3) is 0 Å². The first-order valence-electron chi connectivity index (χ1n) is 17.3. The van der Waals surface area contributed by atoms with Gasteiger partial charge in [0.2, 0.25) is 0 Å². The molecule has 1 fully saturated rings. The summed E-state index contributed by atoms with van der Waals surface area (Å²) in [7, 11) is 0. The second-order valence-corrected chi connectivity index (χ2v) is 14.1. The zero-order valence-corrected chi connectivity index (χ0v) is 27.2. The Morgan fingerprint density at radius 2 is 1.19 bits per heavy atom. The zero-order valence-electron chi connectivity index (χ0n) is 27.2. The normalized spacial score (nSPS) is 18.3. The molecule has 0 N–H and O–H groups in total. The van der Waals surface area contributed by atoms with E-state index >= 15 is 0 Å². The van der Waals surface area contributed by atoms with Crippen LogP contribution in [0.25, 0.3) is 38.6 Å². The van der Waals surface area contributed by atoms with Crippen LogP contribution in [0.4, 0.5) is 11.4 Å². The summed E-state index contributed by atoms with van der Waals surface area (Å²) in [6.45, 7) is 4.74. The van der Waals surface area contributed by atoms with Crippen molar-refractivity contribution < 1.29 is 0 Å². The third kappa shape index (κ3) is 4.53. The molecule has 1 saturated carbocycles. The molecule has 2 aliphatic carbocycles. The van der Waals surface area contributed by atoms with Gasteiger partial charge in [0.05, 0.1) is 11.0 Å². The lowest BCUT2D eigenvalue weighted by atomic mass is 9.78. The van der Waals surface area contributed by atoms with E-state index in [1.165, 1.54) is 92.4 Å². The van der Waals surface area contributed by atoms with Crippen molar-refractivity contribution in [1.82, 2.24) is 4.57 Å². The van der Waals surface area contributed by atoms with Crippen molar-refractivity contribution in [3.63, 3.8) is 0 Å². The molecule has 6 aromatic carbocycles. The molecule has 7 aromatic rings.